The molecule has 148 valence electrons. The monoisotopic (exact) mass is 390 g/mol. The molecule has 3 aromatic rings. The van der Waals surface area contributed by atoms with E-state index in [1.54, 1.807) is 4.68 Å². The van der Waals surface area contributed by atoms with Gasteiger partial charge < -0.3 is 5.32 Å². The summed E-state index contributed by atoms with van der Waals surface area (Å²) in [4.78, 5) is 27.7. The minimum absolute atomic E-state index is 0.0288. The number of urea groups is 1. The molecule has 1 aliphatic rings. The van der Waals surface area contributed by atoms with Crippen molar-refractivity contribution in [3.8, 4) is 0 Å². The Kier molecular flexibility index (Phi) is 5.07. The van der Waals surface area contributed by atoms with Gasteiger partial charge in [-0.1, -0.05) is 67.6 Å². The SMILES string of the molecule is CCCn1nnnc1CN1C(=O)N[C@](Cc2ccccc2)(c2ccccc2)C1=O. The normalized spacial score (nSPS) is 18.9. The summed E-state index contributed by atoms with van der Waals surface area (Å²) in [5.74, 6) is 0.183. The number of carbonyl (C=O) groups is 2. The van der Waals surface area contributed by atoms with E-state index in [1.807, 2.05) is 67.6 Å². The van der Waals surface area contributed by atoms with E-state index < -0.39 is 11.6 Å². The van der Waals surface area contributed by atoms with Crippen molar-refractivity contribution >= 4 is 11.9 Å². The predicted molar refractivity (Wildman–Crippen MR) is 105 cm³/mol. The Labute approximate surface area is 168 Å². The fourth-order valence-corrected chi connectivity index (χ4v) is 3.68. The van der Waals surface area contributed by atoms with Crippen LogP contribution in [0.25, 0.3) is 0 Å². The molecule has 0 bridgehead atoms. The number of aryl methyl sites for hydroxylation is 1. The molecule has 2 heterocycles. The van der Waals surface area contributed by atoms with Gasteiger partial charge in [0.25, 0.3) is 5.91 Å². The van der Waals surface area contributed by atoms with Crippen molar-refractivity contribution in [2.75, 3.05) is 0 Å². The summed E-state index contributed by atoms with van der Waals surface area (Å²) in [6.45, 7) is 2.67. The Morgan fingerprint density at radius 2 is 1.69 bits per heavy atom. The van der Waals surface area contributed by atoms with Crippen LogP contribution in [0.2, 0.25) is 0 Å². The van der Waals surface area contributed by atoms with Gasteiger partial charge in [0.2, 0.25) is 0 Å². The molecule has 0 unspecified atom stereocenters. The summed E-state index contributed by atoms with van der Waals surface area (Å²) >= 11 is 0. The van der Waals surface area contributed by atoms with E-state index in [2.05, 4.69) is 20.8 Å². The van der Waals surface area contributed by atoms with Crippen LogP contribution in [-0.4, -0.2) is 37.0 Å². The van der Waals surface area contributed by atoms with Crippen molar-refractivity contribution in [2.45, 2.75) is 38.4 Å². The van der Waals surface area contributed by atoms with Crippen LogP contribution in [0.15, 0.2) is 60.7 Å². The third-order valence-electron chi connectivity index (χ3n) is 5.10. The first-order chi connectivity index (χ1) is 14.1. The number of carbonyl (C=O) groups excluding carboxylic acids is 2. The first-order valence-corrected chi connectivity index (χ1v) is 9.62. The number of nitrogens with zero attached hydrogens (tertiary/aromatic N) is 5. The third kappa shape index (κ3) is 3.49. The fraction of sp³-hybridized carbons (Fsp3) is 0.286. The molecule has 8 heteroatoms. The van der Waals surface area contributed by atoms with Crippen LogP contribution in [0.3, 0.4) is 0 Å². The highest BCUT2D eigenvalue weighted by Gasteiger charge is 2.52. The highest BCUT2D eigenvalue weighted by atomic mass is 16.2. The summed E-state index contributed by atoms with van der Waals surface area (Å²) in [5.41, 5.74) is 0.545. The van der Waals surface area contributed by atoms with Crippen molar-refractivity contribution in [2.24, 2.45) is 0 Å². The molecule has 1 aromatic heterocycles. The average Bonchev–Trinajstić information content (AvgIpc) is 3.28. The maximum absolute atomic E-state index is 13.6. The number of amides is 3. The lowest BCUT2D eigenvalue weighted by atomic mass is 9.83. The van der Waals surface area contributed by atoms with E-state index in [4.69, 9.17) is 0 Å². The minimum atomic E-state index is -1.16. The maximum atomic E-state index is 13.6. The Morgan fingerprint density at radius 1 is 1.00 bits per heavy atom. The summed E-state index contributed by atoms with van der Waals surface area (Å²) in [7, 11) is 0. The molecule has 1 saturated heterocycles. The maximum Gasteiger partial charge on any atom is 0.325 e. The number of imide groups is 1. The van der Waals surface area contributed by atoms with Gasteiger partial charge in [0.1, 0.15) is 0 Å². The van der Waals surface area contributed by atoms with Crippen LogP contribution in [0, 0.1) is 0 Å². The molecule has 1 fully saturated rings. The molecule has 4 rings (SSSR count). The molecular weight excluding hydrogens is 368 g/mol. The molecule has 0 saturated carbocycles. The molecule has 1 N–H and O–H groups in total. The van der Waals surface area contributed by atoms with E-state index in [0.29, 0.717) is 18.8 Å². The lowest BCUT2D eigenvalue weighted by Crippen LogP contribution is -2.46. The van der Waals surface area contributed by atoms with Gasteiger partial charge in [-0.3, -0.25) is 9.69 Å². The van der Waals surface area contributed by atoms with Gasteiger partial charge in [-0.05, 0) is 28.0 Å². The molecule has 1 atom stereocenters. The van der Waals surface area contributed by atoms with Gasteiger partial charge in [0, 0.05) is 13.0 Å². The number of rotatable bonds is 7. The summed E-state index contributed by atoms with van der Waals surface area (Å²) in [5, 5.41) is 14.6. The quantitative estimate of drug-likeness (QED) is 0.625. The largest absolute Gasteiger partial charge is 0.325 e. The van der Waals surface area contributed by atoms with Crippen molar-refractivity contribution < 1.29 is 9.59 Å². The number of tetrazole rings is 1. The van der Waals surface area contributed by atoms with Gasteiger partial charge in [0.05, 0.1) is 6.54 Å². The molecule has 3 amide bonds. The summed E-state index contributed by atoms with van der Waals surface area (Å²) in [6.07, 6.45) is 1.21. The van der Waals surface area contributed by atoms with Gasteiger partial charge in [0.15, 0.2) is 11.4 Å². The number of hydrogen-bond donors (Lipinski definition) is 1. The van der Waals surface area contributed by atoms with Crippen molar-refractivity contribution in [3.63, 3.8) is 0 Å². The fourth-order valence-electron chi connectivity index (χ4n) is 3.68. The molecular formula is C21H22N6O2. The van der Waals surface area contributed by atoms with Crippen molar-refractivity contribution in [3.05, 3.63) is 77.6 Å². The van der Waals surface area contributed by atoms with Gasteiger partial charge in [-0.15, -0.1) is 5.10 Å². The number of benzene rings is 2. The minimum Gasteiger partial charge on any atom is -0.319 e. The third-order valence-corrected chi connectivity index (χ3v) is 5.10. The second-order valence-corrected chi connectivity index (χ2v) is 7.07. The zero-order valence-corrected chi connectivity index (χ0v) is 16.2. The van der Waals surface area contributed by atoms with Crippen LogP contribution in [0.5, 0.6) is 0 Å². The molecule has 1 aliphatic heterocycles. The van der Waals surface area contributed by atoms with Crippen molar-refractivity contribution in [1.29, 1.82) is 0 Å². The molecule has 0 spiro atoms. The lowest BCUT2D eigenvalue weighted by molar-refractivity contribution is -0.132. The number of nitrogens with one attached hydrogen (secondary N) is 1. The van der Waals surface area contributed by atoms with Crippen LogP contribution in [0.1, 0.15) is 30.3 Å². The van der Waals surface area contributed by atoms with Gasteiger partial charge in [-0.25, -0.2) is 9.48 Å². The van der Waals surface area contributed by atoms with Gasteiger partial charge in [-0.2, -0.15) is 0 Å². The average molecular weight is 390 g/mol. The van der Waals surface area contributed by atoms with E-state index in [-0.39, 0.29) is 12.5 Å². The Morgan fingerprint density at radius 3 is 2.38 bits per heavy atom. The molecule has 2 aromatic carbocycles. The Balaban J connectivity index is 1.70. The zero-order chi connectivity index (χ0) is 20.3. The summed E-state index contributed by atoms with van der Waals surface area (Å²) < 4.78 is 1.63. The van der Waals surface area contributed by atoms with Crippen molar-refractivity contribution in [1.82, 2.24) is 30.4 Å². The molecule has 29 heavy (non-hydrogen) atoms. The second-order valence-electron chi connectivity index (χ2n) is 7.07. The zero-order valence-electron chi connectivity index (χ0n) is 16.2. The standard InChI is InChI=1S/C21H22N6O2/c1-2-13-27-18(23-24-25-27)15-26-19(28)21(22-20(26)29,17-11-7-4-8-12-17)14-16-9-5-3-6-10-16/h3-12H,2,13-15H2,1H3,(H,22,29)/t21-/m1/s1. The number of hydrogen-bond acceptors (Lipinski definition) is 5. The van der Waals surface area contributed by atoms with E-state index in [9.17, 15) is 9.59 Å². The van der Waals surface area contributed by atoms with Crippen LogP contribution in [-0.2, 0) is 29.8 Å². The lowest BCUT2D eigenvalue weighted by Gasteiger charge is -2.27. The first kappa shape index (κ1) is 18.8. The van der Waals surface area contributed by atoms with Gasteiger partial charge >= 0.3 is 6.03 Å². The first-order valence-electron chi connectivity index (χ1n) is 9.62. The highest BCUT2D eigenvalue weighted by molar-refractivity contribution is 6.07. The van der Waals surface area contributed by atoms with E-state index in [1.165, 1.54) is 4.90 Å². The Bertz CT molecular complexity index is 1000. The molecule has 8 nitrogen and oxygen atoms in total. The predicted octanol–water partition coefficient (Wildman–Crippen LogP) is 2.27. The van der Waals surface area contributed by atoms with E-state index in [0.717, 1.165) is 17.5 Å². The van der Waals surface area contributed by atoms with Crippen LogP contribution in [0.4, 0.5) is 4.79 Å². The smallest absolute Gasteiger partial charge is 0.319 e. The molecule has 0 radical (unpaired) electrons. The topological polar surface area (TPSA) is 93.0 Å². The number of aromatic nitrogens is 4. The Hall–Kier alpha value is -3.55. The molecule has 0 aliphatic carbocycles. The van der Waals surface area contributed by atoms with Crippen LogP contribution >= 0.6 is 0 Å². The second kappa shape index (κ2) is 7.83. The highest BCUT2D eigenvalue weighted by Crippen LogP contribution is 2.33. The van der Waals surface area contributed by atoms with Crippen LogP contribution < -0.4 is 5.32 Å². The summed E-state index contributed by atoms with van der Waals surface area (Å²) in [6, 6.07) is 18.6. The van der Waals surface area contributed by atoms with E-state index >= 15 is 0 Å².